The lowest BCUT2D eigenvalue weighted by Gasteiger charge is -2.29. The predicted octanol–water partition coefficient (Wildman–Crippen LogP) is 4.75. The van der Waals surface area contributed by atoms with E-state index in [1.54, 1.807) is 0 Å². The zero-order valence-electron chi connectivity index (χ0n) is 9.97. The van der Waals surface area contributed by atoms with Gasteiger partial charge in [0.2, 0.25) is 0 Å². The molecule has 0 amide bonds. The fourth-order valence-electron chi connectivity index (χ4n) is 2.48. The van der Waals surface area contributed by atoms with E-state index in [9.17, 15) is 5.11 Å². The standard InChI is InChI=1S/C15H15ClOS/c16-11-8-14(18-9-11)15(17)13-7-2-1-6-12(13)10-4-3-5-10/h1-2,6-10,15,17H,3-5H2. The van der Waals surface area contributed by atoms with Crippen LogP contribution in [0.4, 0.5) is 0 Å². The van der Waals surface area contributed by atoms with Gasteiger partial charge in [0.05, 0.1) is 5.02 Å². The van der Waals surface area contributed by atoms with E-state index in [1.165, 1.54) is 36.2 Å². The molecule has 1 aliphatic rings. The summed E-state index contributed by atoms with van der Waals surface area (Å²) in [6.45, 7) is 0. The van der Waals surface area contributed by atoms with Gasteiger partial charge in [-0.1, -0.05) is 42.3 Å². The molecule has 1 nitrogen and oxygen atoms in total. The smallest absolute Gasteiger partial charge is 0.114 e. The molecule has 1 heterocycles. The summed E-state index contributed by atoms with van der Waals surface area (Å²) in [5, 5.41) is 13.1. The number of thiophene rings is 1. The Morgan fingerprint density at radius 1 is 1.28 bits per heavy atom. The number of aliphatic hydroxyl groups excluding tert-OH is 1. The highest BCUT2D eigenvalue weighted by Crippen LogP contribution is 2.41. The third-order valence-corrected chi connectivity index (χ3v) is 5.03. The minimum absolute atomic E-state index is 0.542. The van der Waals surface area contributed by atoms with Crippen molar-refractivity contribution in [2.24, 2.45) is 0 Å². The van der Waals surface area contributed by atoms with Crippen LogP contribution < -0.4 is 0 Å². The Balaban J connectivity index is 1.95. The summed E-state index contributed by atoms with van der Waals surface area (Å²) >= 11 is 7.45. The molecule has 1 saturated carbocycles. The average molecular weight is 279 g/mol. The Labute approximate surface area is 116 Å². The summed E-state index contributed by atoms with van der Waals surface area (Å²) in [7, 11) is 0. The number of hydrogen-bond donors (Lipinski definition) is 1. The van der Waals surface area contributed by atoms with Crippen molar-refractivity contribution >= 4 is 22.9 Å². The first-order chi connectivity index (χ1) is 8.75. The van der Waals surface area contributed by atoms with Crippen molar-refractivity contribution in [3.63, 3.8) is 0 Å². The van der Waals surface area contributed by atoms with Crippen molar-refractivity contribution in [3.8, 4) is 0 Å². The van der Waals surface area contributed by atoms with Crippen LogP contribution in [0.25, 0.3) is 0 Å². The van der Waals surface area contributed by atoms with Crippen molar-refractivity contribution in [1.82, 2.24) is 0 Å². The summed E-state index contributed by atoms with van der Waals surface area (Å²) in [4.78, 5) is 0.923. The van der Waals surface area contributed by atoms with Gasteiger partial charge in [-0.25, -0.2) is 0 Å². The maximum Gasteiger partial charge on any atom is 0.114 e. The molecule has 0 spiro atoms. The van der Waals surface area contributed by atoms with Gasteiger partial charge < -0.3 is 5.11 Å². The molecule has 18 heavy (non-hydrogen) atoms. The molecule has 1 aromatic carbocycles. The van der Waals surface area contributed by atoms with Crippen LogP contribution in [0.2, 0.25) is 5.02 Å². The van der Waals surface area contributed by atoms with Crippen LogP contribution in [-0.4, -0.2) is 5.11 Å². The van der Waals surface area contributed by atoms with Crippen LogP contribution in [0, 0.1) is 0 Å². The number of benzene rings is 1. The fraction of sp³-hybridized carbons (Fsp3) is 0.333. The molecule has 0 aliphatic heterocycles. The Hall–Kier alpha value is -0.830. The van der Waals surface area contributed by atoms with Crippen molar-refractivity contribution in [2.75, 3.05) is 0 Å². The van der Waals surface area contributed by atoms with Gasteiger partial charge in [-0.15, -0.1) is 11.3 Å². The summed E-state index contributed by atoms with van der Waals surface area (Å²) < 4.78 is 0. The highest BCUT2D eigenvalue weighted by molar-refractivity contribution is 7.10. The molecule has 2 aromatic rings. The zero-order chi connectivity index (χ0) is 12.5. The first-order valence-electron chi connectivity index (χ1n) is 6.26. The maximum atomic E-state index is 10.5. The quantitative estimate of drug-likeness (QED) is 0.859. The Kier molecular flexibility index (Phi) is 3.42. The monoisotopic (exact) mass is 278 g/mol. The average Bonchev–Trinajstić information content (AvgIpc) is 2.74. The van der Waals surface area contributed by atoms with E-state index in [-0.39, 0.29) is 0 Å². The van der Waals surface area contributed by atoms with Crippen LogP contribution >= 0.6 is 22.9 Å². The summed E-state index contributed by atoms with van der Waals surface area (Å²) in [5.41, 5.74) is 2.35. The molecular weight excluding hydrogens is 264 g/mol. The van der Waals surface area contributed by atoms with Gasteiger partial charge in [0, 0.05) is 10.3 Å². The van der Waals surface area contributed by atoms with Gasteiger partial charge in [-0.2, -0.15) is 0 Å². The highest BCUT2D eigenvalue weighted by atomic mass is 35.5. The first-order valence-corrected chi connectivity index (χ1v) is 7.52. The predicted molar refractivity (Wildman–Crippen MR) is 76.4 cm³/mol. The van der Waals surface area contributed by atoms with Gasteiger partial charge in [-0.05, 0) is 36.0 Å². The highest BCUT2D eigenvalue weighted by Gasteiger charge is 2.25. The van der Waals surface area contributed by atoms with E-state index in [1.807, 2.05) is 23.6 Å². The topological polar surface area (TPSA) is 20.2 Å². The van der Waals surface area contributed by atoms with E-state index in [0.717, 1.165) is 10.4 Å². The summed E-state index contributed by atoms with van der Waals surface area (Å²) in [5.74, 6) is 0.631. The van der Waals surface area contributed by atoms with Crippen molar-refractivity contribution in [1.29, 1.82) is 0 Å². The van der Waals surface area contributed by atoms with E-state index < -0.39 is 6.10 Å². The molecule has 94 valence electrons. The Bertz CT molecular complexity index is 545. The van der Waals surface area contributed by atoms with Gasteiger partial charge in [0.15, 0.2) is 0 Å². The summed E-state index contributed by atoms with van der Waals surface area (Å²) in [6.07, 6.45) is 3.25. The molecule has 1 fully saturated rings. The number of rotatable bonds is 3. The third kappa shape index (κ3) is 2.20. The van der Waals surface area contributed by atoms with Crippen LogP contribution in [0.1, 0.15) is 47.3 Å². The molecule has 0 radical (unpaired) electrons. The van der Waals surface area contributed by atoms with Crippen LogP contribution in [0.3, 0.4) is 0 Å². The number of aliphatic hydroxyl groups is 1. The largest absolute Gasteiger partial charge is 0.383 e. The minimum atomic E-state index is -0.542. The fourth-order valence-corrected chi connectivity index (χ4v) is 3.56. The van der Waals surface area contributed by atoms with E-state index >= 15 is 0 Å². The van der Waals surface area contributed by atoms with Crippen molar-refractivity contribution in [2.45, 2.75) is 31.3 Å². The third-order valence-electron chi connectivity index (χ3n) is 3.69. The first kappa shape index (κ1) is 12.2. The van der Waals surface area contributed by atoms with Crippen LogP contribution in [0.15, 0.2) is 35.7 Å². The van der Waals surface area contributed by atoms with Crippen molar-refractivity contribution < 1.29 is 5.11 Å². The molecule has 3 heteroatoms. The van der Waals surface area contributed by atoms with Gasteiger partial charge in [0.25, 0.3) is 0 Å². The molecule has 1 N–H and O–H groups in total. The summed E-state index contributed by atoms with van der Waals surface area (Å²) in [6, 6.07) is 10.1. The molecule has 1 unspecified atom stereocenters. The molecule has 1 aromatic heterocycles. The second-order valence-electron chi connectivity index (χ2n) is 4.83. The lowest BCUT2D eigenvalue weighted by Crippen LogP contribution is -2.13. The van der Waals surface area contributed by atoms with Gasteiger partial charge in [0.1, 0.15) is 6.10 Å². The van der Waals surface area contributed by atoms with Gasteiger partial charge in [-0.3, -0.25) is 0 Å². The normalized spacial score (nSPS) is 17.4. The van der Waals surface area contributed by atoms with Crippen LogP contribution in [0.5, 0.6) is 0 Å². The molecule has 0 saturated heterocycles. The second kappa shape index (κ2) is 5.04. The van der Waals surface area contributed by atoms with E-state index in [4.69, 9.17) is 11.6 Å². The Morgan fingerprint density at radius 2 is 2.06 bits per heavy atom. The zero-order valence-corrected chi connectivity index (χ0v) is 11.5. The molecule has 3 rings (SSSR count). The molecule has 0 bridgehead atoms. The maximum absolute atomic E-state index is 10.5. The number of halogens is 1. The minimum Gasteiger partial charge on any atom is -0.383 e. The second-order valence-corrected chi connectivity index (χ2v) is 6.21. The van der Waals surface area contributed by atoms with Gasteiger partial charge >= 0.3 is 0 Å². The van der Waals surface area contributed by atoms with Crippen molar-refractivity contribution in [3.05, 3.63) is 56.7 Å². The molecule has 1 aliphatic carbocycles. The SMILES string of the molecule is OC(c1cc(Cl)cs1)c1ccccc1C1CCC1. The molecule has 1 atom stereocenters. The van der Waals surface area contributed by atoms with E-state index in [0.29, 0.717) is 10.9 Å². The lowest BCUT2D eigenvalue weighted by molar-refractivity contribution is 0.221. The lowest BCUT2D eigenvalue weighted by atomic mass is 9.77. The number of hydrogen-bond acceptors (Lipinski definition) is 2. The van der Waals surface area contributed by atoms with Crippen LogP contribution in [-0.2, 0) is 0 Å². The van der Waals surface area contributed by atoms with E-state index in [2.05, 4.69) is 12.1 Å². The molecular formula is C15H15ClOS. The Morgan fingerprint density at radius 3 is 2.67 bits per heavy atom.